The maximum absolute atomic E-state index is 12.7. The van der Waals surface area contributed by atoms with Crippen LogP contribution in [0.4, 0.5) is 5.69 Å². The van der Waals surface area contributed by atoms with Crippen molar-refractivity contribution in [3.8, 4) is 0 Å². The molecule has 0 radical (unpaired) electrons. The highest BCUT2D eigenvalue weighted by atomic mass is 35.5. The van der Waals surface area contributed by atoms with Gasteiger partial charge in [0.15, 0.2) is 11.0 Å². The van der Waals surface area contributed by atoms with Gasteiger partial charge in [-0.05, 0) is 54.9 Å². The minimum Gasteiger partial charge on any atom is -0.480 e. The highest BCUT2D eigenvalue weighted by Gasteiger charge is 2.38. The number of nitrogens with one attached hydrogen (secondary N) is 1. The van der Waals surface area contributed by atoms with E-state index in [1.807, 2.05) is 6.26 Å². The first kappa shape index (κ1) is 20.3. The molecule has 0 aromatic heterocycles. The first-order chi connectivity index (χ1) is 12.3. The summed E-state index contributed by atoms with van der Waals surface area (Å²) < 4.78 is 0. The molecule has 138 valence electrons. The molecule has 1 saturated heterocycles. The molecule has 0 bridgehead atoms. The van der Waals surface area contributed by atoms with E-state index in [1.54, 1.807) is 24.3 Å². The van der Waals surface area contributed by atoms with Crippen LogP contribution < -0.4 is 10.2 Å². The third kappa shape index (κ3) is 4.80. The maximum Gasteiger partial charge on any atom is 0.328 e. The van der Waals surface area contributed by atoms with Crippen LogP contribution in [-0.2, 0) is 14.4 Å². The zero-order chi connectivity index (χ0) is 19.3. The topological polar surface area (TPSA) is 99.1 Å². The van der Waals surface area contributed by atoms with Crippen LogP contribution in [0.15, 0.2) is 29.3 Å². The first-order valence-electron chi connectivity index (χ1n) is 7.54. The smallest absolute Gasteiger partial charge is 0.328 e. The van der Waals surface area contributed by atoms with Crippen molar-refractivity contribution in [3.05, 3.63) is 29.3 Å². The highest BCUT2D eigenvalue weighted by molar-refractivity contribution is 7.98. The Balaban J connectivity index is 2.24. The normalized spacial score (nSPS) is 18.9. The van der Waals surface area contributed by atoms with Crippen LogP contribution >= 0.6 is 35.6 Å². The second kappa shape index (κ2) is 9.11. The van der Waals surface area contributed by atoms with Crippen LogP contribution in [0.2, 0.25) is 5.02 Å². The quantitative estimate of drug-likeness (QED) is 0.403. The molecule has 0 spiro atoms. The minimum atomic E-state index is -1.26. The van der Waals surface area contributed by atoms with Crippen LogP contribution in [0.25, 0.3) is 0 Å². The second-order valence-electron chi connectivity index (χ2n) is 5.36. The molecular formula is C16H16ClN3O4S2. The van der Waals surface area contributed by atoms with E-state index in [2.05, 4.69) is 10.3 Å². The summed E-state index contributed by atoms with van der Waals surface area (Å²) in [5.74, 6) is -3.00. The number of carbonyl (C=O) groups is 3. The van der Waals surface area contributed by atoms with Gasteiger partial charge < -0.3 is 10.4 Å². The molecule has 1 unspecified atom stereocenters. The lowest BCUT2D eigenvalue weighted by Gasteiger charge is -2.31. The van der Waals surface area contributed by atoms with Gasteiger partial charge in [-0.1, -0.05) is 11.6 Å². The second-order valence-corrected chi connectivity index (χ2v) is 7.16. The Morgan fingerprint density at radius 1 is 1.46 bits per heavy atom. The van der Waals surface area contributed by atoms with Gasteiger partial charge in [0.25, 0.3) is 5.91 Å². The van der Waals surface area contributed by atoms with Gasteiger partial charge in [0.05, 0.1) is 5.69 Å². The predicted octanol–water partition coefficient (Wildman–Crippen LogP) is 1.98. The third-order valence-corrected chi connectivity index (χ3v) is 4.76. The Hall–Kier alpha value is -1.97. The fourth-order valence-electron chi connectivity index (χ4n) is 2.24. The molecule has 1 fully saturated rings. The number of rotatable bonds is 7. The number of carbonyl (C=O) groups excluding carboxylic acids is 2. The van der Waals surface area contributed by atoms with E-state index in [-0.39, 0.29) is 5.11 Å². The summed E-state index contributed by atoms with van der Waals surface area (Å²) >= 11 is 12.4. The summed E-state index contributed by atoms with van der Waals surface area (Å²) in [6.45, 7) is 0. The molecular weight excluding hydrogens is 398 g/mol. The van der Waals surface area contributed by atoms with E-state index < -0.39 is 29.7 Å². The predicted molar refractivity (Wildman–Crippen MR) is 106 cm³/mol. The van der Waals surface area contributed by atoms with E-state index in [0.29, 0.717) is 22.9 Å². The standard InChI is InChI=1S/C16H16ClN3O4S2/c1-26-7-6-12(15(23)24)18-8-11-13(21)19-16(25)20(14(11)22)10-4-2-9(17)3-5-10/h2-5,8,11-12H,6-7H2,1H3,(H,23,24)(H,19,21,25)/t11?,12-/m0/s1. The molecule has 1 heterocycles. The molecule has 2 amide bonds. The van der Waals surface area contributed by atoms with E-state index >= 15 is 0 Å². The SMILES string of the molecule is CSCC[C@H](N=CC1C(=O)NC(=S)N(c2ccc(Cl)cc2)C1=O)C(=O)O. The number of aliphatic carboxylic acids is 1. The minimum absolute atomic E-state index is 0.0517. The van der Waals surface area contributed by atoms with Gasteiger partial charge in [0.1, 0.15) is 6.04 Å². The van der Waals surface area contributed by atoms with Crippen molar-refractivity contribution in [2.75, 3.05) is 16.9 Å². The average molecular weight is 414 g/mol. The number of nitrogens with zero attached hydrogens (tertiary/aromatic N) is 2. The summed E-state index contributed by atoms with van der Waals surface area (Å²) in [5.41, 5.74) is 0.444. The van der Waals surface area contributed by atoms with E-state index in [4.69, 9.17) is 23.8 Å². The number of aliphatic imine (C=N–C) groups is 1. The Morgan fingerprint density at radius 3 is 2.69 bits per heavy atom. The Bertz CT molecular complexity index is 754. The van der Waals surface area contributed by atoms with Crippen molar-refractivity contribution < 1.29 is 19.5 Å². The van der Waals surface area contributed by atoms with E-state index in [1.165, 1.54) is 16.7 Å². The van der Waals surface area contributed by atoms with E-state index in [0.717, 1.165) is 6.21 Å². The number of halogens is 1. The fraction of sp³-hybridized carbons (Fsp3) is 0.312. The van der Waals surface area contributed by atoms with Crippen molar-refractivity contribution in [2.24, 2.45) is 10.9 Å². The van der Waals surface area contributed by atoms with Crippen LogP contribution in [0.1, 0.15) is 6.42 Å². The zero-order valence-corrected chi connectivity index (χ0v) is 16.1. The first-order valence-corrected chi connectivity index (χ1v) is 9.72. The molecule has 26 heavy (non-hydrogen) atoms. The molecule has 1 aliphatic rings. The van der Waals surface area contributed by atoms with Crippen molar-refractivity contribution in [1.82, 2.24) is 5.32 Å². The molecule has 2 rings (SSSR count). The number of carboxylic acid groups (broad SMARTS) is 1. The summed E-state index contributed by atoms with van der Waals surface area (Å²) in [5, 5.41) is 12.1. The number of thiocarbonyl (C=S) groups is 1. The number of thioether (sulfide) groups is 1. The van der Waals surface area contributed by atoms with Crippen molar-refractivity contribution in [2.45, 2.75) is 12.5 Å². The van der Waals surface area contributed by atoms with Gasteiger partial charge in [-0.3, -0.25) is 19.5 Å². The van der Waals surface area contributed by atoms with E-state index in [9.17, 15) is 19.5 Å². The molecule has 10 heteroatoms. The van der Waals surface area contributed by atoms with Gasteiger partial charge in [-0.2, -0.15) is 11.8 Å². The van der Waals surface area contributed by atoms with Gasteiger partial charge in [-0.25, -0.2) is 4.79 Å². The van der Waals surface area contributed by atoms with Gasteiger partial charge in [0, 0.05) is 11.2 Å². The van der Waals surface area contributed by atoms with Crippen molar-refractivity contribution in [1.29, 1.82) is 0 Å². The summed E-state index contributed by atoms with van der Waals surface area (Å²) in [6.07, 6.45) is 3.24. The molecule has 1 aromatic carbocycles. The number of carboxylic acids is 1. The fourth-order valence-corrected chi connectivity index (χ4v) is 3.12. The summed E-state index contributed by atoms with van der Waals surface area (Å²) in [7, 11) is 0. The Kier molecular flexibility index (Phi) is 7.13. The van der Waals surface area contributed by atoms with Crippen molar-refractivity contribution >= 4 is 70.4 Å². The lowest BCUT2D eigenvalue weighted by molar-refractivity contribution is -0.138. The molecule has 1 aromatic rings. The van der Waals surface area contributed by atoms with Gasteiger partial charge in [0.2, 0.25) is 5.91 Å². The summed E-state index contributed by atoms with van der Waals surface area (Å²) in [4.78, 5) is 41.2. The molecule has 2 N–H and O–H groups in total. The Morgan fingerprint density at radius 2 is 2.12 bits per heavy atom. The number of benzene rings is 1. The monoisotopic (exact) mass is 413 g/mol. The van der Waals surface area contributed by atoms with Gasteiger partial charge >= 0.3 is 5.97 Å². The molecule has 7 nitrogen and oxygen atoms in total. The van der Waals surface area contributed by atoms with Crippen LogP contribution in [0, 0.1) is 5.92 Å². The number of amides is 2. The van der Waals surface area contributed by atoms with Gasteiger partial charge in [-0.15, -0.1) is 0 Å². The molecule has 1 aliphatic heterocycles. The lowest BCUT2D eigenvalue weighted by Crippen LogP contribution is -2.58. The van der Waals surface area contributed by atoms with Crippen LogP contribution in [-0.4, -0.2) is 52.3 Å². The number of hydrogen-bond acceptors (Lipinski definition) is 6. The molecule has 0 aliphatic carbocycles. The number of hydrogen-bond donors (Lipinski definition) is 2. The highest BCUT2D eigenvalue weighted by Crippen LogP contribution is 2.22. The van der Waals surface area contributed by atoms with Crippen molar-refractivity contribution in [3.63, 3.8) is 0 Å². The summed E-state index contributed by atoms with van der Waals surface area (Å²) in [6, 6.07) is 5.36. The largest absolute Gasteiger partial charge is 0.480 e. The van der Waals surface area contributed by atoms with Crippen LogP contribution in [0.3, 0.4) is 0 Å². The Labute approximate surface area is 164 Å². The third-order valence-electron chi connectivity index (χ3n) is 3.58. The molecule has 2 atom stereocenters. The average Bonchev–Trinajstić information content (AvgIpc) is 2.58. The maximum atomic E-state index is 12.7. The lowest BCUT2D eigenvalue weighted by atomic mass is 10.1. The molecule has 0 saturated carbocycles. The van der Waals surface area contributed by atoms with Crippen LogP contribution in [0.5, 0.6) is 0 Å². The zero-order valence-electron chi connectivity index (χ0n) is 13.7. The number of anilines is 1.